The fourth-order valence-electron chi connectivity index (χ4n) is 4.81. The summed E-state index contributed by atoms with van der Waals surface area (Å²) in [5.74, 6) is 0.00703. The predicted octanol–water partition coefficient (Wildman–Crippen LogP) is 4.48. The maximum Gasteiger partial charge on any atom is 0.417 e. The van der Waals surface area contributed by atoms with Gasteiger partial charge in [-0.2, -0.15) is 13.2 Å². The number of carbonyl (C=O) groups excluding carboxylic acids is 1. The molecule has 1 aliphatic heterocycles. The smallest absolute Gasteiger partial charge is 0.379 e. The number of nitrogens with one attached hydrogen (secondary N) is 1. The fraction of sp³-hybridized carbons (Fsp3) is 0.500. The minimum atomic E-state index is -4.41. The number of morpholine rings is 1. The second kappa shape index (κ2) is 10.4. The molecule has 0 unspecified atom stereocenters. The van der Waals surface area contributed by atoms with E-state index in [2.05, 4.69) is 39.5 Å². The van der Waals surface area contributed by atoms with E-state index >= 15 is 0 Å². The van der Waals surface area contributed by atoms with Crippen molar-refractivity contribution in [2.45, 2.75) is 48.5 Å². The Morgan fingerprint density at radius 1 is 1.12 bits per heavy atom. The van der Waals surface area contributed by atoms with Crippen LogP contribution in [0.1, 0.15) is 36.8 Å². The zero-order valence-corrected chi connectivity index (χ0v) is 19.1. The van der Waals surface area contributed by atoms with Gasteiger partial charge in [-0.25, -0.2) is 4.98 Å². The first-order valence-corrected chi connectivity index (χ1v) is 12.2. The average molecular weight is 480 g/mol. The highest BCUT2D eigenvalue weighted by atomic mass is 32.2. The van der Waals surface area contributed by atoms with E-state index in [0.717, 1.165) is 76.0 Å². The summed E-state index contributed by atoms with van der Waals surface area (Å²) in [4.78, 5) is 18.8. The summed E-state index contributed by atoms with van der Waals surface area (Å²) in [6.45, 7) is 3.29. The number of hydrogen-bond acceptors (Lipinski definition) is 5. The number of benzene rings is 1. The Balaban J connectivity index is 1.31. The van der Waals surface area contributed by atoms with Gasteiger partial charge in [-0.3, -0.25) is 9.69 Å². The van der Waals surface area contributed by atoms with Crippen LogP contribution in [0.4, 0.5) is 13.2 Å². The number of nitrogens with zero attached hydrogens (tertiary/aromatic N) is 2. The summed E-state index contributed by atoms with van der Waals surface area (Å²) in [6.07, 6.45) is 0.0500. The van der Waals surface area contributed by atoms with E-state index in [1.54, 1.807) is 0 Å². The second-order valence-corrected chi connectivity index (χ2v) is 9.51. The van der Waals surface area contributed by atoms with Gasteiger partial charge in [0, 0.05) is 30.9 Å². The maximum absolute atomic E-state index is 12.7. The number of alkyl halides is 3. The van der Waals surface area contributed by atoms with Crippen molar-refractivity contribution in [1.29, 1.82) is 0 Å². The van der Waals surface area contributed by atoms with Gasteiger partial charge in [0.1, 0.15) is 0 Å². The number of halogens is 3. The zero-order chi connectivity index (χ0) is 23.3. The molecule has 5 nitrogen and oxygen atoms in total. The van der Waals surface area contributed by atoms with Gasteiger partial charge in [-0.15, -0.1) is 0 Å². The highest BCUT2D eigenvalue weighted by Gasteiger charge is 2.42. The lowest BCUT2D eigenvalue weighted by Gasteiger charge is -2.50. The molecule has 1 aliphatic carbocycles. The number of pyridine rings is 1. The topological polar surface area (TPSA) is 54.5 Å². The molecular formula is C24H28F3N3O2S. The molecule has 2 aliphatic rings. The molecule has 9 heteroatoms. The minimum Gasteiger partial charge on any atom is -0.379 e. The van der Waals surface area contributed by atoms with Gasteiger partial charge in [-0.05, 0) is 43.4 Å². The van der Waals surface area contributed by atoms with Crippen molar-refractivity contribution in [2.24, 2.45) is 0 Å². The van der Waals surface area contributed by atoms with Crippen LogP contribution in [0.25, 0.3) is 0 Å². The third kappa shape index (κ3) is 5.88. The molecule has 4 rings (SSSR count). The molecule has 0 bridgehead atoms. The van der Waals surface area contributed by atoms with Crippen molar-refractivity contribution in [1.82, 2.24) is 15.2 Å². The van der Waals surface area contributed by atoms with Crippen LogP contribution in [0.5, 0.6) is 0 Å². The predicted molar refractivity (Wildman–Crippen MR) is 121 cm³/mol. The summed E-state index contributed by atoms with van der Waals surface area (Å²) >= 11 is 1.14. The van der Waals surface area contributed by atoms with Crippen LogP contribution in [0.3, 0.4) is 0 Å². The van der Waals surface area contributed by atoms with Crippen LogP contribution in [0.15, 0.2) is 53.7 Å². The molecule has 178 valence electrons. The molecule has 1 aromatic carbocycles. The minimum absolute atomic E-state index is 0.0365. The van der Waals surface area contributed by atoms with E-state index in [1.165, 1.54) is 11.6 Å². The molecule has 1 amide bonds. The van der Waals surface area contributed by atoms with Crippen LogP contribution in [-0.2, 0) is 21.2 Å². The summed E-state index contributed by atoms with van der Waals surface area (Å²) in [5, 5.41) is 3.51. The van der Waals surface area contributed by atoms with Gasteiger partial charge in [0.15, 0.2) is 0 Å². The molecule has 0 spiro atoms. The molecular weight excluding hydrogens is 451 g/mol. The Bertz CT molecular complexity index is 911. The molecule has 0 radical (unpaired) electrons. The quantitative estimate of drug-likeness (QED) is 0.620. The van der Waals surface area contributed by atoms with E-state index in [4.69, 9.17) is 4.74 Å². The van der Waals surface area contributed by atoms with Crippen LogP contribution in [-0.4, -0.2) is 53.9 Å². The molecule has 2 heterocycles. The Labute approximate surface area is 196 Å². The Hall–Kier alpha value is -2.10. The highest BCUT2D eigenvalue weighted by Crippen LogP contribution is 2.42. The van der Waals surface area contributed by atoms with E-state index < -0.39 is 11.7 Å². The lowest BCUT2D eigenvalue weighted by Crippen LogP contribution is -2.54. The number of carbonyl (C=O) groups is 1. The molecule has 33 heavy (non-hydrogen) atoms. The third-order valence-corrected chi connectivity index (χ3v) is 7.46. The number of hydrogen-bond donors (Lipinski definition) is 1. The molecule has 1 saturated carbocycles. The van der Waals surface area contributed by atoms with Crippen molar-refractivity contribution >= 4 is 17.7 Å². The second-order valence-electron chi connectivity index (χ2n) is 8.51. The largest absolute Gasteiger partial charge is 0.417 e. The Morgan fingerprint density at radius 2 is 1.82 bits per heavy atom. The highest BCUT2D eigenvalue weighted by molar-refractivity contribution is 7.99. The normalized spacial score (nSPS) is 24.4. The summed E-state index contributed by atoms with van der Waals surface area (Å²) in [6, 6.07) is 13.0. The third-order valence-electron chi connectivity index (χ3n) is 6.52. The monoisotopic (exact) mass is 479 g/mol. The molecule has 2 aromatic rings. The van der Waals surface area contributed by atoms with E-state index in [9.17, 15) is 18.0 Å². The van der Waals surface area contributed by atoms with Gasteiger partial charge >= 0.3 is 6.18 Å². The number of thioether (sulfide) groups is 1. The lowest BCUT2D eigenvalue weighted by atomic mass is 9.73. The molecule has 1 saturated heterocycles. The van der Waals surface area contributed by atoms with Crippen molar-refractivity contribution in [3.63, 3.8) is 0 Å². The molecule has 2 fully saturated rings. The number of rotatable bonds is 6. The van der Waals surface area contributed by atoms with E-state index in [0.29, 0.717) is 5.03 Å². The van der Waals surface area contributed by atoms with Gasteiger partial charge in [0.2, 0.25) is 5.91 Å². The van der Waals surface area contributed by atoms with Crippen LogP contribution in [0, 0.1) is 0 Å². The maximum atomic E-state index is 12.7. The van der Waals surface area contributed by atoms with Gasteiger partial charge < -0.3 is 10.1 Å². The van der Waals surface area contributed by atoms with Crippen molar-refractivity contribution in [3.8, 4) is 0 Å². The standard InChI is InChI=1S/C24H28F3N3O2S/c25-24(26,27)19-6-7-22(28-16-19)33-17-21(31)29-20-8-10-23(11-9-20,18-4-2-1-3-5-18)30-12-14-32-15-13-30/h1-7,16,20H,8-15,17H2,(H,29,31). The average Bonchev–Trinajstić information content (AvgIpc) is 2.84. The van der Waals surface area contributed by atoms with E-state index in [1.807, 2.05) is 6.07 Å². The Kier molecular flexibility index (Phi) is 7.61. The van der Waals surface area contributed by atoms with E-state index in [-0.39, 0.29) is 23.2 Å². The summed E-state index contributed by atoms with van der Waals surface area (Å²) in [7, 11) is 0. The molecule has 0 atom stereocenters. The SMILES string of the molecule is O=C(CSc1ccc(C(F)(F)F)cn1)NC1CCC(c2ccccc2)(N2CCOCC2)CC1. The zero-order valence-electron chi connectivity index (χ0n) is 18.3. The number of aromatic nitrogens is 1. The first-order valence-electron chi connectivity index (χ1n) is 11.2. The van der Waals surface area contributed by atoms with Crippen molar-refractivity contribution in [2.75, 3.05) is 32.1 Å². The first kappa shape index (κ1) is 24.0. The first-order chi connectivity index (χ1) is 15.9. The molecule has 1 aromatic heterocycles. The van der Waals surface area contributed by atoms with Gasteiger partial charge in [0.05, 0.1) is 29.6 Å². The number of ether oxygens (including phenoxy) is 1. The summed E-state index contributed by atoms with van der Waals surface area (Å²) in [5.41, 5.74) is 0.492. The van der Waals surface area contributed by atoms with Crippen molar-refractivity contribution in [3.05, 3.63) is 59.8 Å². The summed E-state index contributed by atoms with van der Waals surface area (Å²) < 4.78 is 43.5. The van der Waals surface area contributed by atoms with Crippen LogP contribution >= 0.6 is 11.8 Å². The van der Waals surface area contributed by atoms with Crippen LogP contribution < -0.4 is 5.32 Å². The van der Waals surface area contributed by atoms with Gasteiger partial charge in [-0.1, -0.05) is 42.1 Å². The Morgan fingerprint density at radius 3 is 2.42 bits per heavy atom. The van der Waals surface area contributed by atoms with Crippen LogP contribution in [0.2, 0.25) is 0 Å². The lowest BCUT2D eigenvalue weighted by molar-refractivity contribution is -0.137. The number of amides is 1. The van der Waals surface area contributed by atoms with Crippen molar-refractivity contribution < 1.29 is 22.7 Å². The molecule has 1 N–H and O–H groups in total. The van der Waals surface area contributed by atoms with Gasteiger partial charge in [0.25, 0.3) is 0 Å². The fourth-order valence-corrected chi connectivity index (χ4v) is 5.46.